The lowest BCUT2D eigenvalue weighted by molar-refractivity contribution is -0.575. The first-order valence-corrected chi connectivity index (χ1v) is 10.00. The number of para-hydroxylation sites is 1. The summed E-state index contributed by atoms with van der Waals surface area (Å²) in [6.45, 7) is 3.18. The van der Waals surface area contributed by atoms with Crippen LogP contribution < -0.4 is 4.90 Å². The van der Waals surface area contributed by atoms with Crippen molar-refractivity contribution in [1.29, 1.82) is 0 Å². The second-order valence-electron chi connectivity index (χ2n) is 7.25. The molecule has 2 heterocycles. The van der Waals surface area contributed by atoms with Gasteiger partial charge < -0.3 is 5.11 Å². The van der Waals surface area contributed by atoms with E-state index in [2.05, 4.69) is 28.5 Å². The van der Waals surface area contributed by atoms with Crippen molar-refractivity contribution in [2.45, 2.75) is 50.8 Å². The second kappa shape index (κ2) is 7.05. The highest BCUT2D eigenvalue weighted by Gasteiger charge is 2.60. The van der Waals surface area contributed by atoms with Gasteiger partial charge in [0.25, 0.3) is 11.6 Å². The van der Waals surface area contributed by atoms with Gasteiger partial charge in [-0.2, -0.15) is 4.90 Å². The number of aliphatic hydroxyl groups is 1. The van der Waals surface area contributed by atoms with E-state index in [0.29, 0.717) is 5.02 Å². The number of halogens is 1. The zero-order chi connectivity index (χ0) is 18.1. The number of anilines is 1. The Morgan fingerprint density at radius 1 is 1.08 bits per heavy atom. The van der Waals surface area contributed by atoms with Gasteiger partial charge in [0, 0.05) is 17.0 Å². The molecule has 2 atom stereocenters. The van der Waals surface area contributed by atoms with Gasteiger partial charge in [0.05, 0.1) is 6.54 Å². The lowest BCUT2D eigenvalue weighted by atomic mass is 9.91. The number of benzene rings is 2. The molecule has 0 amide bonds. The van der Waals surface area contributed by atoms with Crippen molar-refractivity contribution in [3.8, 4) is 0 Å². The summed E-state index contributed by atoms with van der Waals surface area (Å²) in [4.78, 5) is 2.18. The Balaban J connectivity index is 1.91. The molecule has 2 aliphatic rings. The summed E-state index contributed by atoms with van der Waals surface area (Å²) in [6.07, 6.45) is 5.48. The topological polar surface area (TPSA) is 26.5 Å². The highest BCUT2D eigenvalue weighted by atomic mass is 35.5. The van der Waals surface area contributed by atoms with Gasteiger partial charge in [0.2, 0.25) is 0 Å². The third kappa shape index (κ3) is 2.74. The van der Waals surface area contributed by atoms with Crippen LogP contribution in [0.3, 0.4) is 0 Å². The van der Waals surface area contributed by atoms with Crippen LogP contribution in [0.25, 0.3) is 0 Å². The molecule has 1 N–H and O–H groups in total. The predicted octanol–water partition coefficient (Wildman–Crippen LogP) is 4.77. The van der Waals surface area contributed by atoms with Gasteiger partial charge in [-0.25, -0.2) is 0 Å². The Bertz CT molecular complexity index is 803. The highest BCUT2D eigenvalue weighted by molar-refractivity contribution is 6.30. The first kappa shape index (κ1) is 17.6. The van der Waals surface area contributed by atoms with Crippen molar-refractivity contribution in [1.82, 2.24) is 0 Å². The second-order valence-corrected chi connectivity index (χ2v) is 7.68. The third-order valence-electron chi connectivity index (χ3n) is 5.74. The monoisotopic (exact) mass is 369 g/mol. The summed E-state index contributed by atoms with van der Waals surface area (Å²) in [5.74, 6) is 1.25. The molecule has 2 unspecified atom stereocenters. The third-order valence-corrected chi connectivity index (χ3v) is 5.99. The fourth-order valence-corrected chi connectivity index (χ4v) is 4.72. The van der Waals surface area contributed by atoms with E-state index in [1.54, 1.807) is 0 Å². The molecule has 136 valence electrons. The van der Waals surface area contributed by atoms with Gasteiger partial charge >= 0.3 is 0 Å². The molecule has 0 spiro atoms. The van der Waals surface area contributed by atoms with Crippen LogP contribution in [0.5, 0.6) is 0 Å². The maximum Gasteiger partial charge on any atom is 0.278 e. The quantitative estimate of drug-likeness (QED) is 0.789. The Morgan fingerprint density at radius 2 is 1.81 bits per heavy atom. The summed E-state index contributed by atoms with van der Waals surface area (Å²) in [7, 11) is 0. The molecule has 2 aromatic carbocycles. The standard InChI is InChI=1S/C22H26ClN2O/c1-2-20-22(26,17-12-14-18(23)15-13-17)25(19-9-5-3-6-10-19)21-11-7-4-8-16-24(20)21/h3,5-6,9-10,12-15,20,26H,2,4,7-8,11,16H2,1H3/q+1. The molecule has 0 fully saturated rings. The van der Waals surface area contributed by atoms with Gasteiger partial charge in [-0.05, 0) is 49.9 Å². The molecule has 3 nitrogen and oxygen atoms in total. The van der Waals surface area contributed by atoms with Crippen LogP contribution in [0, 0.1) is 0 Å². The van der Waals surface area contributed by atoms with E-state index in [-0.39, 0.29) is 6.04 Å². The van der Waals surface area contributed by atoms with Crippen LogP contribution in [-0.4, -0.2) is 28.1 Å². The van der Waals surface area contributed by atoms with Gasteiger partial charge in [-0.1, -0.05) is 48.9 Å². The van der Waals surface area contributed by atoms with Crippen molar-refractivity contribution in [2.75, 3.05) is 11.4 Å². The lowest BCUT2D eigenvalue weighted by Gasteiger charge is -2.33. The summed E-state index contributed by atoms with van der Waals surface area (Å²) in [5, 5.41) is 12.9. The Labute approximate surface area is 160 Å². The van der Waals surface area contributed by atoms with Gasteiger partial charge in [-0.3, -0.25) is 4.58 Å². The van der Waals surface area contributed by atoms with E-state index < -0.39 is 5.72 Å². The minimum Gasteiger partial charge on any atom is -0.346 e. The van der Waals surface area contributed by atoms with Crippen molar-refractivity contribution in [2.24, 2.45) is 0 Å². The molecule has 4 rings (SSSR count). The van der Waals surface area contributed by atoms with Crippen LogP contribution in [0.2, 0.25) is 5.02 Å². The molecule has 0 saturated carbocycles. The maximum atomic E-state index is 12.2. The number of rotatable bonds is 3. The van der Waals surface area contributed by atoms with Crippen LogP contribution in [0.4, 0.5) is 5.69 Å². The van der Waals surface area contributed by atoms with E-state index in [0.717, 1.165) is 30.6 Å². The van der Waals surface area contributed by atoms with Gasteiger partial charge in [0.15, 0.2) is 6.04 Å². The lowest BCUT2D eigenvalue weighted by Crippen LogP contribution is -2.52. The van der Waals surface area contributed by atoms with Crippen LogP contribution in [0.1, 0.15) is 44.6 Å². The smallest absolute Gasteiger partial charge is 0.278 e. The molecule has 2 aliphatic heterocycles. The summed E-state index contributed by atoms with van der Waals surface area (Å²) in [5.41, 5.74) is 0.855. The van der Waals surface area contributed by atoms with Crippen molar-refractivity contribution >= 4 is 23.1 Å². The molecule has 2 aromatic rings. The average Bonchev–Trinajstić information content (AvgIpc) is 2.79. The molecule has 4 heteroatoms. The molecule has 26 heavy (non-hydrogen) atoms. The van der Waals surface area contributed by atoms with E-state index in [1.165, 1.54) is 25.1 Å². The van der Waals surface area contributed by atoms with Crippen molar-refractivity contribution in [3.05, 3.63) is 65.2 Å². The number of amidine groups is 1. The maximum absolute atomic E-state index is 12.2. The zero-order valence-corrected chi connectivity index (χ0v) is 16.0. The highest BCUT2D eigenvalue weighted by Crippen LogP contribution is 2.43. The average molecular weight is 370 g/mol. The minimum absolute atomic E-state index is 0.0250. The van der Waals surface area contributed by atoms with E-state index in [1.807, 2.05) is 42.5 Å². The molecule has 0 aromatic heterocycles. The zero-order valence-electron chi connectivity index (χ0n) is 15.2. The van der Waals surface area contributed by atoms with Crippen molar-refractivity contribution < 1.29 is 9.68 Å². The molecule has 0 saturated heterocycles. The summed E-state index contributed by atoms with van der Waals surface area (Å²) in [6, 6.07) is 18.0. The molecule has 0 aliphatic carbocycles. The number of hydrogen-bond acceptors (Lipinski definition) is 2. The summed E-state index contributed by atoms with van der Waals surface area (Å²) < 4.78 is 2.45. The fourth-order valence-electron chi connectivity index (χ4n) is 4.60. The fraction of sp³-hybridized carbons (Fsp3) is 0.409. The van der Waals surface area contributed by atoms with E-state index >= 15 is 0 Å². The van der Waals surface area contributed by atoms with Crippen LogP contribution in [-0.2, 0) is 5.72 Å². The molecular weight excluding hydrogens is 344 g/mol. The SMILES string of the molecule is CCC1[N+]2=C(CCCCC2)N(c2ccccc2)C1(O)c1ccc(Cl)cc1. The first-order chi connectivity index (χ1) is 12.7. The molecular formula is C22H26ClN2O+. The van der Waals surface area contributed by atoms with E-state index in [4.69, 9.17) is 11.6 Å². The summed E-state index contributed by atoms with van der Waals surface area (Å²) >= 11 is 6.12. The Hall–Kier alpha value is -1.84. The Kier molecular flexibility index (Phi) is 4.76. The van der Waals surface area contributed by atoms with Crippen LogP contribution in [0.15, 0.2) is 54.6 Å². The van der Waals surface area contributed by atoms with E-state index in [9.17, 15) is 5.11 Å². The Morgan fingerprint density at radius 3 is 2.50 bits per heavy atom. The number of nitrogens with zero attached hydrogens (tertiary/aromatic N) is 2. The largest absolute Gasteiger partial charge is 0.346 e. The van der Waals surface area contributed by atoms with Gasteiger partial charge in [0.1, 0.15) is 5.69 Å². The molecule has 0 radical (unpaired) electrons. The predicted molar refractivity (Wildman–Crippen MR) is 107 cm³/mol. The van der Waals surface area contributed by atoms with Crippen molar-refractivity contribution in [3.63, 3.8) is 0 Å². The first-order valence-electron chi connectivity index (χ1n) is 9.62. The molecule has 0 bridgehead atoms. The minimum atomic E-state index is -1.09. The van der Waals surface area contributed by atoms with Gasteiger partial charge in [-0.15, -0.1) is 0 Å². The number of hydrogen-bond donors (Lipinski definition) is 1. The van der Waals surface area contributed by atoms with Crippen LogP contribution >= 0.6 is 11.6 Å². The normalized spacial score (nSPS) is 26.0.